The van der Waals surface area contributed by atoms with Crippen LogP contribution in [-0.2, 0) is 35.0 Å². The topological polar surface area (TPSA) is 150 Å². The minimum Gasteiger partial charge on any atom is -0.468 e. The second-order valence-electron chi connectivity index (χ2n) is 9.82. The number of rotatable bonds is 15. The lowest BCUT2D eigenvalue weighted by Crippen LogP contribution is -2.53. The summed E-state index contributed by atoms with van der Waals surface area (Å²) in [5.74, 6) is -1.09. The maximum atomic E-state index is 12.7. The summed E-state index contributed by atoms with van der Waals surface area (Å²) in [5.41, 5.74) is 5.33. The second kappa shape index (κ2) is 16.6. The zero-order valence-electron chi connectivity index (χ0n) is 24.1. The summed E-state index contributed by atoms with van der Waals surface area (Å²) in [6.45, 7) is 11.4. The normalized spacial score (nSPS) is 14.7. The Morgan fingerprint density at radius 3 is 1.90 bits per heavy atom. The van der Waals surface area contributed by atoms with Crippen LogP contribution in [0.5, 0.6) is 11.5 Å². The highest BCUT2D eigenvalue weighted by molar-refractivity contribution is 5.81. The number of nitrogens with two attached hydrogens (primary N) is 1. The Morgan fingerprint density at radius 1 is 0.872 bits per heavy atom. The van der Waals surface area contributed by atoms with Crippen molar-refractivity contribution < 1.29 is 47.6 Å². The van der Waals surface area contributed by atoms with Gasteiger partial charge in [-0.2, -0.15) is 0 Å². The predicted octanol–water partition coefficient (Wildman–Crippen LogP) is 4.95. The molecule has 0 bridgehead atoms. The highest BCUT2D eigenvalue weighted by atomic mass is 16.7. The summed E-state index contributed by atoms with van der Waals surface area (Å²) in [6, 6.07) is 4.37. The van der Waals surface area contributed by atoms with E-state index in [1.165, 1.54) is 19.2 Å². The third-order valence-corrected chi connectivity index (χ3v) is 6.14. The molecule has 11 nitrogen and oxygen atoms in total. The monoisotopic (exact) mass is 553 g/mol. The zero-order valence-corrected chi connectivity index (χ0v) is 24.1. The lowest BCUT2D eigenvalue weighted by Gasteiger charge is -2.29. The number of methoxy groups -OCH3 is 1. The zero-order chi connectivity index (χ0) is 29.6. The van der Waals surface area contributed by atoms with E-state index < -0.39 is 35.9 Å². The van der Waals surface area contributed by atoms with Gasteiger partial charge in [0, 0.05) is 19.3 Å². The molecule has 1 aromatic carbocycles. The van der Waals surface area contributed by atoms with Crippen molar-refractivity contribution in [1.82, 2.24) is 0 Å². The molecule has 0 aliphatic heterocycles. The summed E-state index contributed by atoms with van der Waals surface area (Å²) >= 11 is 0. The first-order chi connectivity index (χ1) is 18.4. The minimum atomic E-state index is -1.58. The molecule has 11 heteroatoms. The molecule has 220 valence electrons. The van der Waals surface area contributed by atoms with Gasteiger partial charge in [-0.05, 0) is 36.5 Å². The summed E-state index contributed by atoms with van der Waals surface area (Å²) in [7, 11) is 1.20. The van der Waals surface area contributed by atoms with Crippen LogP contribution in [0.25, 0.3) is 0 Å². The van der Waals surface area contributed by atoms with Gasteiger partial charge in [-0.15, -0.1) is 0 Å². The Kier molecular flexibility index (Phi) is 14.3. The molecule has 4 atom stereocenters. The molecule has 0 fully saturated rings. The molecule has 1 aromatic rings. The van der Waals surface area contributed by atoms with Gasteiger partial charge in [0.15, 0.2) is 11.5 Å². The van der Waals surface area contributed by atoms with Gasteiger partial charge in [0.2, 0.25) is 0 Å². The van der Waals surface area contributed by atoms with E-state index in [4.69, 9.17) is 34.2 Å². The molecule has 0 aromatic heterocycles. The van der Waals surface area contributed by atoms with Gasteiger partial charge in [0.1, 0.15) is 11.6 Å². The molecule has 0 spiro atoms. The molecular formula is C28H43NO10. The third kappa shape index (κ3) is 11.9. The van der Waals surface area contributed by atoms with Gasteiger partial charge in [-0.1, -0.05) is 53.5 Å². The smallest absolute Gasteiger partial charge is 0.468 e. The number of hydrogen-bond acceptors (Lipinski definition) is 11. The molecule has 0 heterocycles. The molecule has 0 saturated carbocycles. The summed E-state index contributed by atoms with van der Waals surface area (Å²) in [6.07, 6.45) is -0.922. The number of hydrogen-bond donors (Lipinski definition) is 1. The maximum absolute atomic E-state index is 12.7. The van der Waals surface area contributed by atoms with E-state index in [9.17, 15) is 19.2 Å². The predicted molar refractivity (Wildman–Crippen MR) is 142 cm³/mol. The molecule has 1 rings (SSSR count). The van der Waals surface area contributed by atoms with Crippen LogP contribution in [0.4, 0.5) is 9.59 Å². The van der Waals surface area contributed by atoms with Crippen molar-refractivity contribution in [2.75, 3.05) is 20.3 Å². The first-order valence-electron chi connectivity index (χ1n) is 13.3. The molecule has 0 radical (unpaired) electrons. The summed E-state index contributed by atoms with van der Waals surface area (Å²) < 4.78 is 31.2. The van der Waals surface area contributed by atoms with Gasteiger partial charge in [0.05, 0.1) is 20.3 Å². The molecule has 0 aliphatic rings. The quantitative estimate of drug-likeness (QED) is 0.178. The average Bonchev–Trinajstić information content (AvgIpc) is 2.90. The van der Waals surface area contributed by atoms with Gasteiger partial charge < -0.3 is 34.2 Å². The lowest BCUT2D eigenvalue weighted by molar-refractivity contribution is -0.154. The second-order valence-corrected chi connectivity index (χ2v) is 9.82. The van der Waals surface area contributed by atoms with Gasteiger partial charge in [-0.25, -0.2) is 9.59 Å². The average molecular weight is 554 g/mol. The van der Waals surface area contributed by atoms with Crippen LogP contribution in [0.2, 0.25) is 0 Å². The van der Waals surface area contributed by atoms with Crippen molar-refractivity contribution in [3.05, 3.63) is 23.8 Å². The summed E-state index contributed by atoms with van der Waals surface area (Å²) in [5, 5.41) is 0. The largest absolute Gasteiger partial charge is 0.513 e. The molecule has 39 heavy (non-hydrogen) atoms. The summed E-state index contributed by atoms with van der Waals surface area (Å²) in [4.78, 5) is 49.0. The van der Waals surface area contributed by atoms with Crippen LogP contribution in [-0.4, -0.2) is 56.2 Å². The number of carbonyl (C=O) groups excluding carboxylic acids is 4. The van der Waals surface area contributed by atoms with E-state index in [1.807, 2.05) is 27.7 Å². The number of esters is 2. The molecule has 2 N–H and O–H groups in total. The molecule has 0 amide bonds. The highest BCUT2D eigenvalue weighted by Gasteiger charge is 2.38. The van der Waals surface area contributed by atoms with E-state index in [0.717, 1.165) is 12.8 Å². The fourth-order valence-electron chi connectivity index (χ4n) is 3.38. The first kappa shape index (κ1) is 33.7. The van der Waals surface area contributed by atoms with Gasteiger partial charge in [-0.3, -0.25) is 9.59 Å². The van der Waals surface area contributed by atoms with E-state index in [2.05, 4.69) is 0 Å². The van der Waals surface area contributed by atoms with Crippen molar-refractivity contribution in [3.8, 4) is 11.5 Å². The Morgan fingerprint density at radius 2 is 1.41 bits per heavy atom. The van der Waals surface area contributed by atoms with E-state index in [0.29, 0.717) is 5.56 Å². The molecule has 0 saturated heterocycles. The van der Waals surface area contributed by atoms with Crippen LogP contribution < -0.4 is 15.2 Å². The van der Waals surface area contributed by atoms with Crippen LogP contribution >= 0.6 is 0 Å². The Hall–Kier alpha value is -3.34. The molecule has 3 unspecified atom stereocenters. The third-order valence-electron chi connectivity index (χ3n) is 6.14. The Bertz CT molecular complexity index is 966. The highest BCUT2D eigenvalue weighted by Crippen LogP contribution is 2.32. The Labute approximate surface area is 230 Å². The van der Waals surface area contributed by atoms with Crippen LogP contribution in [0.3, 0.4) is 0 Å². The number of ether oxygens (including phenoxy) is 6. The molecular weight excluding hydrogens is 510 g/mol. The van der Waals surface area contributed by atoms with Crippen LogP contribution in [0, 0.1) is 11.8 Å². The van der Waals surface area contributed by atoms with Crippen molar-refractivity contribution in [2.24, 2.45) is 17.6 Å². The maximum Gasteiger partial charge on any atom is 0.513 e. The SMILES string of the molecule is CCC(=O)OC(C)C[C@@](N)(Cc1ccc(OC(=O)OCC(C)CC)c(OC(=O)OCC(C)CC)c1)C(=O)OC. The van der Waals surface area contributed by atoms with Gasteiger partial charge in [0.25, 0.3) is 0 Å². The van der Waals surface area contributed by atoms with Crippen molar-refractivity contribution in [3.63, 3.8) is 0 Å². The first-order valence-corrected chi connectivity index (χ1v) is 13.3. The fraction of sp³-hybridized carbons (Fsp3) is 0.643. The standard InChI is InChI=1S/C28H43NO10/c1-8-18(4)16-35-26(32)38-22-12-11-21(13-23(22)39-27(33)36-17-19(5)9-2)15-28(29,25(31)34-7)14-20(6)37-24(30)10-3/h11-13,18-20H,8-10,14-17,29H2,1-7H3/t18?,19?,20?,28-/m1/s1. The van der Waals surface area contributed by atoms with E-state index in [1.54, 1.807) is 19.9 Å². The van der Waals surface area contributed by atoms with Crippen molar-refractivity contribution in [1.29, 1.82) is 0 Å². The number of benzene rings is 1. The van der Waals surface area contributed by atoms with Crippen LogP contribution in [0.1, 0.15) is 72.8 Å². The van der Waals surface area contributed by atoms with E-state index in [-0.39, 0.29) is 55.8 Å². The van der Waals surface area contributed by atoms with Crippen molar-refractivity contribution in [2.45, 2.75) is 85.3 Å². The fourth-order valence-corrected chi connectivity index (χ4v) is 3.38. The Balaban J connectivity index is 3.23. The minimum absolute atomic E-state index is 0.0290. The van der Waals surface area contributed by atoms with E-state index >= 15 is 0 Å². The molecule has 0 aliphatic carbocycles. The lowest BCUT2D eigenvalue weighted by atomic mass is 9.86. The van der Waals surface area contributed by atoms with Gasteiger partial charge >= 0.3 is 24.2 Å². The van der Waals surface area contributed by atoms with Crippen LogP contribution in [0.15, 0.2) is 18.2 Å². The number of carbonyl (C=O) groups is 4. The van der Waals surface area contributed by atoms with Crippen molar-refractivity contribution >= 4 is 24.2 Å².